The van der Waals surface area contributed by atoms with Gasteiger partial charge < -0.3 is 5.32 Å². The highest BCUT2D eigenvalue weighted by Crippen LogP contribution is 2.25. The summed E-state index contributed by atoms with van der Waals surface area (Å²) in [6.45, 7) is 6.77. The van der Waals surface area contributed by atoms with Crippen molar-refractivity contribution in [3.8, 4) is 0 Å². The summed E-state index contributed by atoms with van der Waals surface area (Å²) in [5, 5.41) is 3.61. The molecule has 1 fully saturated rings. The van der Waals surface area contributed by atoms with Crippen LogP contribution in [-0.2, 0) is 21.4 Å². The average molecular weight is 489 g/mol. The van der Waals surface area contributed by atoms with E-state index in [1.54, 1.807) is 24.3 Å². The van der Waals surface area contributed by atoms with Gasteiger partial charge in [0.25, 0.3) is 5.56 Å². The van der Waals surface area contributed by atoms with Crippen molar-refractivity contribution in [2.24, 2.45) is 0 Å². The second-order valence-corrected chi connectivity index (χ2v) is 11.7. The molecule has 0 atom stereocenters. The van der Waals surface area contributed by atoms with Crippen molar-refractivity contribution in [2.45, 2.75) is 57.5 Å². The Balaban J connectivity index is 1.31. The van der Waals surface area contributed by atoms with E-state index in [1.165, 1.54) is 26.5 Å². The predicted molar refractivity (Wildman–Crippen MR) is 129 cm³/mol. The zero-order chi connectivity index (χ0) is 23.8. The monoisotopic (exact) mass is 488 g/mol. The number of piperidine rings is 1. The molecule has 4 rings (SSSR count). The molecule has 0 unspecified atom stereocenters. The van der Waals surface area contributed by atoms with Crippen LogP contribution in [0.1, 0.15) is 35.3 Å². The quantitative estimate of drug-likeness (QED) is 0.575. The number of aryl methyl sites for hydroxylation is 4. The molecule has 1 aliphatic rings. The third kappa shape index (κ3) is 4.87. The lowest BCUT2D eigenvalue weighted by molar-refractivity contribution is -0.122. The van der Waals surface area contributed by atoms with Crippen LogP contribution >= 0.6 is 11.3 Å². The number of nitrogens with one attached hydrogen (secondary N) is 1. The van der Waals surface area contributed by atoms with Crippen LogP contribution in [0.3, 0.4) is 0 Å². The van der Waals surface area contributed by atoms with Gasteiger partial charge in [0, 0.05) is 37.0 Å². The molecule has 3 heterocycles. The van der Waals surface area contributed by atoms with E-state index in [4.69, 9.17) is 0 Å². The van der Waals surface area contributed by atoms with Crippen LogP contribution in [0.4, 0.5) is 0 Å². The lowest BCUT2D eigenvalue weighted by atomic mass is 10.1. The molecule has 1 aromatic carbocycles. The molecular formula is C23H28N4O4S2. The van der Waals surface area contributed by atoms with Crippen LogP contribution in [0.2, 0.25) is 0 Å². The summed E-state index contributed by atoms with van der Waals surface area (Å²) in [4.78, 5) is 31.7. The highest BCUT2D eigenvalue weighted by atomic mass is 32.2. The Bertz CT molecular complexity index is 1340. The van der Waals surface area contributed by atoms with Gasteiger partial charge in [-0.25, -0.2) is 13.4 Å². The normalized spacial score (nSPS) is 15.7. The largest absolute Gasteiger partial charge is 0.353 e. The smallest absolute Gasteiger partial charge is 0.262 e. The van der Waals surface area contributed by atoms with Gasteiger partial charge in [-0.2, -0.15) is 4.31 Å². The number of hydrogen-bond acceptors (Lipinski definition) is 6. The van der Waals surface area contributed by atoms with Gasteiger partial charge in [-0.15, -0.1) is 11.3 Å². The summed E-state index contributed by atoms with van der Waals surface area (Å²) < 4.78 is 28.6. The minimum atomic E-state index is -3.53. The fourth-order valence-corrected chi connectivity index (χ4v) is 6.51. The summed E-state index contributed by atoms with van der Waals surface area (Å²) in [6, 6.07) is 6.76. The fraction of sp³-hybridized carbons (Fsp3) is 0.435. The Labute approximate surface area is 197 Å². The first-order valence-corrected chi connectivity index (χ1v) is 13.2. The Morgan fingerprint density at radius 2 is 1.82 bits per heavy atom. The first-order chi connectivity index (χ1) is 15.7. The standard InChI is InChI=1S/C23H28N4O4S2/c1-15-4-6-19(7-5-15)33(30,31)27-12-8-18(9-13-27)25-20(28)10-11-26-14-24-22-21(23(26)29)16(2)17(3)32-22/h4-7,14,18H,8-13H2,1-3H3,(H,25,28). The molecule has 1 saturated heterocycles. The summed E-state index contributed by atoms with van der Waals surface area (Å²) in [5.74, 6) is -0.153. The van der Waals surface area contributed by atoms with E-state index in [-0.39, 0.29) is 30.5 Å². The maximum absolute atomic E-state index is 12.8. The van der Waals surface area contributed by atoms with Crippen molar-refractivity contribution in [2.75, 3.05) is 13.1 Å². The lowest BCUT2D eigenvalue weighted by Gasteiger charge is -2.31. The van der Waals surface area contributed by atoms with Crippen molar-refractivity contribution in [3.05, 3.63) is 57.0 Å². The van der Waals surface area contributed by atoms with Crippen LogP contribution in [0.15, 0.2) is 40.3 Å². The molecule has 1 N–H and O–H groups in total. The third-order valence-electron chi connectivity index (χ3n) is 6.21. The summed E-state index contributed by atoms with van der Waals surface area (Å²) in [6.07, 6.45) is 2.77. The lowest BCUT2D eigenvalue weighted by Crippen LogP contribution is -2.46. The van der Waals surface area contributed by atoms with Gasteiger partial charge >= 0.3 is 0 Å². The molecule has 0 bridgehead atoms. The zero-order valence-electron chi connectivity index (χ0n) is 19.0. The number of carbonyl (C=O) groups is 1. The van der Waals surface area contributed by atoms with E-state index in [0.717, 1.165) is 20.8 Å². The molecule has 33 heavy (non-hydrogen) atoms. The molecule has 10 heteroatoms. The highest BCUT2D eigenvalue weighted by Gasteiger charge is 2.29. The van der Waals surface area contributed by atoms with Crippen LogP contribution in [0.5, 0.6) is 0 Å². The summed E-state index contributed by atoms with van der Waals surface area (Å²) in [7, 11) is -3.53. The number of rotatable bonds is 6. The van der Waals surface area contributed by atoms with Gasteiger partial charge in [-0.05, 0) is 51.3 Å². The topological polar surface area (TPSA) is 101 Å². The van der Waals surface area contributed by atoms with Gasteiger partial charge in [-0.3, -0.25) is 14.2 Å². The molecule has 2 aromatic heterocycles. The molecule has 0 radical (unpaired) electrons. The fourth-order valence-electron chi connectivity index (χ4n) is 4.05. The third-order valence-corrected chi connectivity index (χ3v) is 9.24. The first kappa shape index (κ1) is 23.6. The van der Waals surface area contributed by atoms with E-state index in [2.05, 4.69) is 10.3 Å². The van der Waals surface area contributed by atoms with E-state index in [1.807, 2.05) is 20.8 Å². The number of fused-ring (bicyclic) bond motifs is 1. The number of hydrogen-bond donors (Lipinski definition) is 1. The Kier molecular flexibility index (Phi) is 6.69. The van der Waals surface area contributed by atoms with Crippen LogP contribution in [0.25, 0.3) is 10.2 Å². The molecule has 1 amide bonds. The van der Waals surface area contributed by atoms with Crippen molar-refractivity contribution in [1.29, 1.82) is 0 Å². The van der Waals surface area contributed by atoms with Gasteiger partial charge in [0.15, 0.2) is 0 Å². The first-order valence-electron chi connectivity index (χ1n) is 11.0. The number of amides is 1. The van der Waals surface area contributed by atoms with E-state index < -0.39 is 10.0 Å². The molecule has 1 aliphatic heterocycles. The molecule has 0 spiro atoms. The average Bonchev–Trinajstić information content (AvgIpc) is 3.08. The van der Waals surface area contributed by atoms with Gasteiger partial charge in [-0.1, -0.05) is 17.7 Å². The van der Waals surface area contributed by atoms with E-state index in [9.17, 15) is 18.0 Å². The van der Waals surface area contributed by atoms with Crippen molar-refractivity contribution >= 4 is 37.5 Å². The van der Waals surface area contributed by atoms with E-state index >= 15 is 0 Å². The number of thiophene rings is 1. The summed E-state index contributed by atoms with van der Waals surface area (Å²) >= 11 is 1.50. The van der Waals surface area contributed by atoms with Crippen molar-refractivity contribution in [3.63, 3.8) is 0 Å². The molecule has 0 saturated carbocycles. The minimum Gasteiger partial charge on any atom is -0.353 e. The second kappa shape index (κ2) is 9.36. The van der Waals surface area contributed by atoms with Crippen LogP contribution < -0.4 is 10.9 Å². The predicted octanol–water partition coefficient (Wildman–Crippen LogP) is 2.74. The maximum atomic E-state index is 12.8. The Morgan fingerprint density at radius 1 is 1.15 bits per heavy atom. The van der Waals surface area contributed by atoms with Crippen LogP contribution in [-0.4, -0.2) is 47.3 Å². The maximum Gasteiger partial charge on any atom is 0.262 e. The summed E-state index contributed by atoms with van der Waals surface area (Å²) in [5.41, 5.74) is 1.83. The number of sulfonamides is 1. The SMILES string of the molecule is Cc1ccc(S(=O)(=O)N2CCC(NC(=O)CCn3cnc4sc(C)c(C)c4c3=O)CC2)cc1. The number of benzene rings is 1. The van der Waals surface area contributed by atoms with Crippen molar-refractivity contribution in [1.82, 2.24) is 19.2 Å². The number of aromatic nitrogens is 2. The Hall–Kier alpha value is -2.56. The molecule has 0 aliphatic carbocycles. The molecule has 176 valence electrons. The van der Waals surface area contributed by atoms with Gasteiger partial charge in [0.1, 0.15) is 4.83 Å². The number of nitrogens with zero attached hydrogens (tertiary/aromatic N) is 3. The van der Waals surface area contributed by atoms with Crippen LogP contribution in [0, 0.1) is 20.8 Å². The minimum absolute atomic E-state index is 0.0823. The molecular weight excluding hydrogens is 460 g/mol. The highest BCUT2D eigenvalue weighted by molar-refractivity contribution is 7.89. The van der Waals surface area contributed by atoms with Gasteiger partial charge in [0.05, 0.1) is 16.6 Å². The zero-order valence-corrected chi connectivity index (χ0v) is 20.6. The second-order valence-electron chi connectivity index (χ2n) is 8.52. The van der Waals surface area contributed by atoms with E-state index in [0.29, 0.717) is 36.2 Å². The Morgan fingerprint density at radius 3 is 2.48 bits per heavy atom. The van der Waals surface area contributed by atoms with Crippen molar-refractivity contribution < 1.29 is 13.2 Å². The van der Waals surface area contributed by atoms with Gasteiger partial charge in [0.2, 0.25) is 15.9 Å². The number of carbonyl (C=O) groups excluding carboxylic acids is 1. The molecule has 8 nitrogen and oxygen atoms in total. The molecule has 3 aromatic rings.